The first kappa shape index (κ1) is 13.6. The van der Waals surface area contributed by atoms with E-state index in [4.69, 9.17) is 10.5 Å². The number of nitrogens with two attached hydrogens (primary N) is 1. The second kappa shape index (κ2) is 5.58. The van der Waals surface area contributed by atoms with Gasteiger partial charge in [0.1, 0.15) is 11.0 Å². The highest BCUT2D eigenvalue weighted by atomic mass is 32.1. The van der Waals surface area contributed by atoms with Crippen LogP contribution in [0.5, 0.6) is 0 Å². The third-order valence-corrected chi connectivity index (χ3v) is 4.39. The van der Waals surface area contributed by atoms with Crippen LogP contribution < -0.4 is 5.73 Å². The second-order valence-corrected chi connectivity index (χ2v) is 5.95. The quantitative estimate of drug-likeness (QED) is 0.576. The molecule has 4 heteroatoms. The van der Waals surface area contributed by atoms with E-state index >= 15 is 0 Å². The number of hydrogen-bond donors (Lipinski definition) is 1. The molecule has 2 aromatic carbocycles. The number of nitrogen functional groups attached to an aromatic ring is 1. The minimum atomic E-state index is -0.300. The number of carbonyl (C=O) groups is 1. The van der Waals surface area contributed by atoms with E-state index in [0.29, 0.717) is 10.6 Å². The van der Waals surface area contributed by atoms with Gasteiger partial charge in [0, 0.05) is 10.4 Å². The zero-order valence-corrected chi connectivity index (χ0v) is 12.4. The molecular formula is C17H15NO2S. The lowest BCUT2D eigenvalue weighted by Crippen LogP contribution is -2.07. The summed E-state index contributed by atoms with van der Waals surface area (Å²) >= 11 is 1.42. The van der Waals surface area contributed by atoms with Gasteiger partial charge >= 0.3 is 5.97 Å². The third kappa shape index (κ3) is 2.90. The van der Waals surface area contributed by atoms with Crippen molar-refractivity contribution in [3.63, 3.8) is 0 Å². The summed E-state index contributed by atoms with van der Waals surface area (Å²) < 4.78 is 6.55. The van der Waals surface area contributed by atoms with Gasteiger partial charge in [-0.15, -0.1) is 11.3 Å². The maximum Gasteiger partial charge on any atom is 0.348 e. The molecule has 0 aliphatic heterocycles. The molecule has 0 amide bonds. The number of anilines is 1. The molecule has 0 saturated heterocycles. The molecule has 0 spiro atoms. The fourth-order valence-corrected chi connectivity index (χ4v) is 3.10. The monoisotopic (exact) mass is 297 g/mol. The van der Waals surface area contributed by atoms with Crippen LogP contribution in [0.1, 0.15) is 28.3 Å². The van der Waals surface area contributed by atoms with Crippen molar-refractivity contribution in [2.75, 3.05) is 5.73 Å². The molecule has 106 valence electrons. The van der Waals surface area contributed by atoms with Gasteiger partial charge in [0.2, 0.25) is 0 Å². The summed E-state index contributed by atoms with van der Waals surface area (Å²) in [5.74, 6) is -0.300. The smallest absolute Gasteiger partial charge is 0.348 e. The molecule has 0 aliphatic rings. The maximum atomic E-state index is 12.2. The van der Waals surface area contributed by atoms with Gasteiger partial charge in [-0.05, 0) is 42.1 Å². The summed E-state index contributed by atoms with van der Waals surface area (Å²) in [5.41, 5.74) is 7.43. The van der Waals surface area contributed by atoms with Crippen molar-refractivity contribution in [2.24, 2.45) is 0 Å². The van der Waals surface area contributed by atoms with Crippen LogP contribution in [0.25, 0.3) is 10.1 Å². The Labute approximate surface area is 127 Å². The van der Waals surface area contributed by atoms with Crippen LogP contribution in [0.15, 0.2) is 54.6 Å². The van der Waals surface area contributed by atoms with E-state index in [0.717, 1.165) is 15.6 Å². The Balaban J connectivity index is 1.80. The van der Waals surface area contributed by atoms with Gasteiger partial charge in [-0.2, -0.15) is 0 Å². The first-order valence-electron chi connectivity index (χ1n) is 6.68. The maximum absolute atomic E-state index is 12.2. The van der Waals surface area contributed by atoms with E-state index in [2.05, 4.69) is 0 Å². The standard InChI is InChI=1S/C17H15NO2S/c1-11(12-5-3-2-4-6-12)20-17(19)16-10-13-9-14(18)7-8-15(13)21-16/h2-11H,18H2,1H3. The van der Waals surface area contributed by atoms with Crippen molar-refractivity contribution >= 4 is 33.1 Å². The van der Waals surface area contributed by atoms with E-state index < -0.39 is 0 Å². The van der Waals surface area contributed by atoms with E-state index in [1.807, 2.05) is 61.5 Å². The zero-order valence-electron chi connectivity index (χ0n) is 11.6. The Hall–Kier alpha value is -2.33. The number of benzene rings is 2. The van der Waals surface area contributed by atoms with Crippen LogP contribution in [0.2, 0.25) is 0 Å². The van der Waals surface area contributed by atoms with E-state index in [9.17, 15) is 4.79 Å². The van der Waals surface area contributed by atoms with Crippen LogP contribution in [-0.4, -0.2) is 5.97 Å². The average Bonchev–Trinajstić information content (AvgIpc) is 2.91. The second-order valence-electron chi connectivity index (χ2n) is 4.87. The highest BCUT2D eigenvalue weighted by Crippen LogP contribution is 2.29. The van der Waals surface area contributed by atoms with E-state index in [1.165, 1.54) is 11.3 Å². The molecule has 1 aromatic heterocycles. The zero-order chi connectivity index (χ0) is 14.8. The van der Waals surface area contributed by atoms with Crippen LogP contribution in [0, 0.1) is 0 Å². The van der Waals surface area contributed by atoms with Gasteiger partial charge in [-0.25, -0.2) is 4.79 Å². The first-order chi connectivity index (χ1) is 10.1. The molecule has 0 aliphatic carbocycles. The number of esters is 1. The number of hydrogen-bond acceptors (Lipinski definition) is 4. The van der Waals surface area contributed by atoms with Crippen LogP contribution >= 0.6 is 11.3 Å². The van der Waals surface area contributed by atoms with Gasteiger partial charge < -0.3 is 10.5 Å². The van der Waals surface area contributed by atoms with Gasteiger partial charge in [-0.3, -0.25) is 0 Å². The lowest BCUT2D eigenvalue weighted by Gasteiger charge is -2.12. The minimum absolute atomic E-state index is 0.269. The normalized spacial score (nSPS) is 12.2. The first-order valence-corrected chi connectivity index (χ1v) is 7.50. The van der Waals surface area contributed by atoms with Crippen LogP contribution in [0.4, 0.5) is 5.69 Å². The average molecular weight is 297 g/mol. The van der Waals surface area contributed by atoms with E-state index in [-0.39, 0.29) is 12.1 Å². The number of carbonyl (C=O) groups excluding carboxylic acids is 1. The summed E-state index contributed by atoms with van der Waals surface area (Å²) in [4.78, 5) is 12.8. The van der Waals surface area contributed by atoms with Gasteiger partial charge in [-0.1, -0.05) is 30.3 Å². The van der Waals surface area contributed by atoms with Gasteiger partial charge in [0.05, 0.1) is 0 Å². The third-order valence-electron chi connectivity index (χ3n) is 3.29. The molecule has 1 heterocycles. The van der Waals surface area contributed by atoms with Crippen molar-refractivity contribution in [3.8, 4) is 0 Å². The largest absolute Gasteiger partial charge is 0.454 e. The van der Waals surface area contributed by atoms with Gasteiger partial charge in [0.25, 0.3) is 0 Å². The molecule has 0 fully saturated rings. The minimum Gasteiger partial charge on any atom is -0.454 e. The lowest BCUT2D eigenvalue weighted by atomic mass is 10.1. The molecule has 3 aromatic rings. The summed E-state index contributed by atoms with van der Waals surface area (Å²) in [7, 11) is 0. The summed E-state index contributed by atoms with van der Waals surface area (Å²) in [6.07, 6.45) is -0.269. The van der Waals surface area contributed by atoms with E-state index in [1.54, 1.807) is 0 Å². The molecular weight excluding hydrogens is 282 g/mol. The molecule has 0 radical (unpaired) electrons. The van der Waals surface area contributed by atoms with Crippen molar-refractivity contribution in [1.29, 1.82) is 0 Å². The Morgan fingerprint density at radius 1 is 1.14 bits per heavy atom. The predicted molar refractivity (Wildman–Crippen MR) is 86.5 cm³/mol. The SMILES string of the molecule is CC(OC(=O)c1cc2cc(N)ccc2s1)c1ccccc1. The van der Waals surface area contributed by atoms with Crippen LogP contribution in [-0.2, 0) is 4.74 Å². The highest BCUT2D eigenvalue weighted by Gasteiger charge is 2.16. The molecule has 0 saturated carbocycles. The Kier molecular flexibility index (Phi) is 3.62. The topological polar surface area (TPSA) is 52.3 Å². The lowest BCUT2D eigenvalue weighted by molar-refractivity contribution is 0.0344. The molecule has 2 N–H and O–H groups in total. The molecule has 21 heavy (non-hydrogen) atoms. The highest BCUT2D eigenvalue weighted by molar-refractivity contribution is 7.20. The molecule has 3 nitrogen and oxygen atoms in total. The fourth-order valence-electron chi connectivity index (χ4n) is 2.17. The number of thiophene rings is 1. The molecule has 1 unspecified atom stereocenters. The number of ether oxygens (including phenoxy) is 1. The fraction of sp³-hybridized carbons (Fsp3) is 0.118. The van der Waals surface area contributed by atoms with Gasteiger partial charge in [0.15, 0.2) is 0 Å². The van der Waals surface area contributed by atoms with Crippen molar-refractivity contribution in [2.45, 2.75) is 13.0 Å². The van der Waals surface area contributed by atoms with Crippen LogP contribution in [0.3, 0.4) is 0 Å². The van der Waals surface area contributed by atoms with Crippen molar-refractivity contribution < 1.29 is 9.53 Å². The van der Waals surface area contributed by atoms with Crippen molar-refractivity contribution in [3.05, 3.63) is 65.0 Å². The molecule has 1 atom stereocenters. The summed E-state index contributed by atoms with van der Waals surface area (Å²) in [5, 5.41) is 0.972. The summed E-state index contributed by atoms with van der Waals surface area (Å²) in [6.45, 7) is 1.87. The Morgan fingerprint density at radius 3 is 2.67 bits per heavy atom. The van der Waals surface area contributed by atoms with Crippen molar-refractivity contribution in [1.82, 2.24) is 0 Å². The molecule has 3 rings (SSSR count). The number of rotatable bonds is 3. The Morgan fingerprint density at radius 2 is 1.90 bits per heavy atom. The molecule has 0 bridgehead atoms. The summed E-state index contributed by atoms with van der Waals surface area (Å²) in [6, 6.07) is 17.2. The predicted octanol–water partition coefficient (Wildman–Crippen LogP) is 4.40. The number of fused-ring (bicyclic) bond motifs is 1. The Bertz CT molecular complexity index is 780.